The van der Waals surface area contributed by atoms with Crippen LogP contribution in [0, 0.1) is 5.92 Å². The van der Waals surface area contributed by atoms with Crippen LogP contribution in [-0.2, 0) is 25.6 Å². The van der Waals surface area contributed by atoms with Crippen molar-refractivity contribution in [2.24, 2.45) is 44.6 Å². The van der Waals surface area contributed by atoms with E-state index in [4.69, 9.17) is 28.7 Å². The van der Waals surface area contributed by atoms with E-state index in [2.05, 4.69) is 25.9 Å². The Bertz CT molecular complexity index is 1070. The molecule has 1 rings (SSSR count). The van der Waals surface area contributed by atoms with Gasteiger partial charge in [-0.25, -0.2) is 4.79 Å². The number of guanidine groups is 2. The number of hydrogen-bond donors (Lipinski definition) is 9. The van der Waals surface area contributed by atoms with Crippen LogP contribution in [0.2, 0.25) is 0 Å². The molecule has 14 N–H and O–H groups in total. The quantitative estimate of drug-likeness (QED) is 0.0497. The van der Waals surface area contributed by atoms with Crippen LogP contribution in [0.1, 0.15) is 51.5 Å². The minimum absolute atomic E-state index is 0.0590. The average Bonchev–Trinajstić information content (AvgIpc) is 2.94. The number of carbonyl (C=O) groups is 4. The van der Waals surface area contributed by atoms with E-state index in [1.54, 1.807) is 31.2 Å². The molecule has 0 unspecified atom stereocenters. The molecule has 3 amide bonds. The van der Waals surface area contributed by atoms with Gasteiger partial charge in [-0.1, -0.05) is 50.6 Å². The first-order valence-corrected chi connectivity index (χ1v) is 13.9. The number of rotatable bonds is 19. The number of aliphatic carboxylic acids is 1. The maximum absolute atomic E-state index is 13.5. The Morgan fingerprint density at radius 2 is 1.36 bits per heavy atom. The van der Waals surface area contributed by atoms with Crippen molar-refractivity contribution >= 4 is 35.6 Å². The molecule has 0 aliphatic rings. The highest BCUT2D eigenvalue weighted by Gasteiger charge is 2.32. The van der Waals surface area contributed by atoms with Crippen LogP contribution in [0.15, 0.2) is 40.3 Å². The molecule has 0 heterocycles. The number of carboxylic acid groups (broad SMARTS) is 1. The molecule has 0 saturated carbocycles. The number of nitrogens with zero attached hydrogens (tertiary/aromatic N) is 2. The predicted octanol–water partition coefficient (Wildman–Crippen LogP) is -1.75. The van der Waals surface area contributed by atoms with Crippen molar-refractivity contribution in [2.75, 3.05) is 13.1 Å². The summed E-state index contributed by atoms with van der Waals surface area (Å²) in [5.41, 5.74) is 28.0. The fourth-order valence-corrected chi connectivity index (χ4v) is 3.97. The molecule has 1 aromatic rings. The molecule has 0 aliphatic carbocycles. The number of hydrogen-bond acceptors (Lipinski definition) is 7. The fourth-order valence-electron chi connectivity index (χ4n) is 3.97. The van der Waals surface area contributed by atoms with Crippen LogP contribution in [0.25, 0.3) is 0 Å². The Morgan fingerprint density at radius 3 is 1.88 bits per heavy atom. The van der Waals surface area contributed by atoms with Crippen molar-refractivity contribution in [1.82, 2.24) is 16.0 Å². The van der Waals surface area contributed by atoms with Crippen LogP contribution in [-0.4, -0.2) is 78.0 Å². The van der Waals surface area contributed by atoms with Crippen LogP contribution in [0.4, 0.5) is 0 Å². The van der Waals surface area contributed by atoms with E-state index in [-0.39, 0.29) is 43.6 Å². The molecule has 15 heteroatoms. The van der Waals surface area contributed by atoms with Crippen molar-refractivity contribution in [3.8, 4) is 0 Å². The molecule has 42 heavy (non-hydrogen) atoms. The van der Waals surface area contributed by atoms with Crippen LogP contribution < -0.4 is 44.6 Å². The number of amides is 3. The first kappa shape index (κ1) is 35.6. The van der Waals surface area contributed by atoms with Gasteiger partial charge in [0.05, 0.1) is 6.04 Å². The highest BCUT2D eigenvalue weighted by atomic mass is 16.4. The van der Waals surface area contributed by atoms with Crippen LogP contribution in [0.3, 0.4) is 0 Å². The first-order valence-electron chi connectivity index (χ1n) is 13.9. The molecule has 15 nitrogen and oxygen atoms in total. The zero-order valence-corrected chi connectivity index (χ0v) is 24.3. The molecule has 5 atom stereocenters. The second kappa shape index (κ2) is 18.9. The summed E-state index contributed by atoms with van der Waals surface area (Å²) in [5, 5.41) is 17.6. The van der Waals surface area contributed by atoms with E-state index in [0.29, 0.717) is 25.8 Å². The Labute approximate surface area is 246 Å². The molecule has 0 bridgehead atoms. The minimum atomic E-state index is -1.24. The van der Waals surface area contributed by atoms with Gasteiger partial charge in [0.1, 0.15) is 18.1 Å². The van der Waals surface area contributed by atoms with Crippen molar-refractivity contribution < 1.29 is 24.3 Å². The van der Waals surface area contributed by atoms with Gasteiger partial charge in [-0.05, 0) is 37.2 Å². The number of nitrogens with two attached hydrogens (primary N) is 5. The summed E-state index contributed by atoms with van der Waals surface area (Å²) < 4.78 is 0. The van der Waals surface area contributed by atoms with Crippen LogP contribution in [0.5, 0.6) is 0 Å². The third-order valence-electron chi connectivity index (χ3n) is 6.57. The normalized spacial score (nSPS) is 14.3. The van der Waals surface area contributed by atoms with Crippen molar-refractivity contribution in [2.45, 2.75) is 76.5 Å². The van der Waals surface area contributed by atoms with Gasteiger partial charge in [0.25, 0.3) is 0 Å². The topological polar surface area (TPSA) is 279 Å². The zero-order chi connectivity index (χ0) is 31.7. The molecule has 0 aliphatic heterocycles. The van der Waals surface area contributed by atoms with Gasteiger partial charge in [0.15, 0.2) is 11.9 Å². The predicted molar refractivity (Wildman–Crippen MR) is 161 cm³/mol. The maximum Gasteiger partial charge on any atom is 0.326 e. The molecule has 0 saturated heterocycles. The minimum Gasteiger partial charge on any atom is -0.480 e. The molecular weight excluding hydrogens is 544 g/mol. The van der Waals surface area contributed by atoms with E-state index in [1.807, 2.05) is 13.0 Å². The fraction of sp³-hybridized carbons (Fsp3) is 0.556. The Morgan fingerprint density at radius 1 is 0.810 bits per heavy atom. The molecule has 0 radical (unpaired) electrons. The van der Waals surface area contributed by atoms with Gasteiger partial charge in [0, 0.05) is 19.5 Å². The smallest absolute Gasteiger partial charge is 0.326 e. The summed E-state index contributed by atoms with van der Waals surface area (Å²) in [5.74, 6) is -3.53. The van der Waals surface area contributed by atoms with Crippen molar-refractivity contribution in [3.63, 3.8) is 0 Å². The lowest BCUT2D eigenvalue weighted by Crippen LogP contribution is -2.59. The molecular formula is C27H46N10O5. The number of aliphatic imine (C=N–C) groups is 2. The lowest BCUT2D eigenvalue weighted by atomic mass is 9.96. The SMILES string of the molecule is CC[C@H](C)[C@H](NC(=O)[C@@H](N)CCCN=C(N)N)C(=O)N[C@@H](Cc1ccccc1)C(=O)N[C@@H](CCCN=C(N)N)C(=O)O. The largest absolute Gasteiger partial charge is 0.480 e. The summed E-state index contributed by atoms with van der Waals surface area (Å²) in [4.78, 5) is 59.2. The number of carbonyl (C=O) groups excluding carboxylic acids is 3. The Hall–Kier alpha value is -4.40. The monoisotopic (exact) mass is 590 g/mol. The summed E-state index contributed by atoms with van der Waals surface area (Å²) in [6.45, 7) is 4.15. The van der Waals surface area contributed by atoms with Gasteiger partial charge < -0.3 is 49.7 Å². The second-order valence-corrected chi connectivity index (χ2v) is 10.0. The highest BCUT2D eigenvalue weighted by molar-refractivity contribution is 5.94. The van der Waals surface area contributed by atoms with E-state index in [0.717, 1.165) is 5.56 Å². The first-order chi connectivity index (χ1) is 19.8. The average molecular weight is 591 g/mol. The molecule has 1 aromatic carbocycles. The van der Waals surface area contributed by atoms with E-state index < -0.39 is 47.9 Å². The molecule has 0 aromatic heterocycles. The van der Waals surface area contributed by atoms with Gasteiger partial charge in [-0.15, -0.1) is 0 Å². The van der Waals surface area contributed by atoms with Crippen LogP contribution >= 0.6 is 0 Å². The Kier molecular flexibility index (Phi) is 16.0. The van der Waals surface area contributed by atoms with Crippen molar-refractivity contribution in [3.05, 3.63) is 35.9 Å². The summed E-state index contributed by atoms with van der Waals surface area (Å²) >= 11 is 0. The van der Waals surface area contributed by atoms with Gasteiger partial charge in [0.2, 0.25) is 17.7 Å². The van der Waals surface area contributed by atoms with Gasteiger partial charge in [-0.3, -0.25) is 24.4 Å². The van der Waals surface area contributed by atoms with Crippen molar-refractivity contribution in [1.29, 1.82) is 0 Å². The summed E-state index contributed by atoms with van der Waals surface area (Å²) in [7, 11) is 0. The molecule has 234 valence electrons. The number of nitrogens with one attached hydrogen (secondary N) is 3. The summed E-state index contributed by atoms with van der Waals surface area (Å²) in [6, 6.07) is 4.68. The third-order valence-corrected chi connectivity index (χ3v) is 6.57. The Balaban J connectivity index is 3.06. The highest BCUT2D eigenvalue weighted by Crippen LogP contribution is 2.11. The maximum atomic E-state index is 13.5. The van der Waals surface area contributed by atoms with E-state index >= 15 is 0 Å². The lowest BCUT2D eigenvalue weighted by molar-refractivity contribution is -0.142. The lowest BCUT2D eigenvalue weighted by Gasteiger charge is -2.28. The van der Waals surface area contributed by atoms with E-state index in [1.165, 1.54) is 0 Å². The standard InChI is InChI=1S/C27H46N10O5/c1-3-16(2)21(37-22(38)18(28)11-7-13-33-26(29)30)24(40)36-20(15-17-9-5-4-6-10-17)23(39)35-19(25(41)42)12-8-14-34-27(31)32/h4-6,9-10,16,18-21H,3,7-8,11-15,28H2,1-2H3,(H,35,39)(H,36,40)(H,37,38)(H,41,42)(H4,29,30,33)(H4,31,32,34)/t16-,18-,19-,20-,21-/m0/s1. The summed E-state index contributed by atoms with van der Waals surface area (Å²) in [6.07, 6.45) is 1.75. The van der Waals surface area contributed by atoms with Gasteiger partial charge in [-0.2, -0.15) is 0 Å². The molecule has 0 fully saturated rings. The van der Waals surface area contributed by atoms with Gasteiger partial charge >= 0.3 is 5.97 Å². The second-order valence-electron chi connectivity index (χ2n) is 10.0. The van der Waals surface area contributed by atoms with E-state index in [9.17, 15) is 24.3 Å². The third kappa shape index (κ3) is 13.8. The number of benzene rings is 1. The molecule has 0 spiro atoms. The zero-order valence-electron chi connectivity index (χ0n) is 24.3. The number of carboxylic acids is 1.